The van der Waals surface area contributed by atoms with Gasteiger partial charge in [0.2, 0.25) is 6.10 Å². The van der Waals surface area contributed by atoms with Gasteiger partial charge in [-0.15, -0.1) is 0 Å². The van der Waals surface area contributed by atoms with Crippen molar-refractivity contribution < 1.29 is 36.4 Å². The summed E-state index contributed by atoms with van der Waals surface area (Å²) in [5, 5.41) is 14.4. The normalized spacial score (nSPS) is 23.3. The molecule has 5 atom stereocenters. The lowest BCUT2D eigenvalue weighted by molar-refractivity contribution is -0.206. The number of alkyl halides is 3. The van der Waals surface area contributed by atoms with Crippen molar-refractivity contribution in [3.63, 3.8) is 0 Å². The highest BCUT2D eigenvalue weighted by Crippen LogP contribution is 2.33. The fourth-order valence-electron chi connectivity index (χ4n) is 4.45. The zero-order valence-corrected chi connectivity index (χ0v) is 22.8. The molecule has 11 heteroatoms. The second-order valence-electron chi connectivity index (χ2n) is 10.8. The number of nitrogens with two attached hydrogens (primary N) is 1. The van der Waals surface area contributed by atoms with Gasteiger partial charge < -0.3 is 25.6 Å². The van der Waals surface area contributed by atoms with E-state index in [0.717, 1.165) is 18.7 Å². The summed E-state index contributed by atoms with van der Waals surface area (Å²) in [5.74, 6) is -1.48. The lowest BCUT2D eigenvalue weighted by Crippen LogP contribution is -2.53. The van der Waals surface area contributed by atoms with E-state index in [9.17, 15) is 26.9 Å². The Hall–Kier alpha value is -2.21. The van der Waals surface area contributed by atoms with Gasteiger partial charge in [0.25, 0.3) is 0 Å². The minimum Gasteiger partial charge on any atom is -0.476 e. The third-order valence-corrected chi connectivity index (χ3v) is 8.15. The van der Waals surface area contributed by atoms with Gasteiger partial charge in [-0.05, 0) is 40.7 Å². The van der Waals surface area contributed by atoms with Gasteiger partial charge in [-0.2, -0.15) is 13.2 Å². The van der Waals surface area contributed by atoms with Crippen molar-refractivity contribution in [2.75, 3.05) is 31.0 Å². The molecular weight excluding hydrogens is 524 g/mol. The smallest absolute Gasteiger partial charge is 0.427 e. The van der Waals surface area contributed by atoms with Crippen LogP contribution in [0.2, 0.25) is 0 Å². The first-order chi connectivity index (χ1) is 17.7. The number of nitrogen functional groups attached to an aromatic ring is 1. The number of nitrogens with one attached hydrogen (secondary N) is 1. The first-order valence-corrected chi connectivity index (χ1v) is 13.8. The van der Waals surface area contributed by atoms with Gasteiger partial charge >= 0.3 is 6.18 Å². The SMILES string of the molecule is COC[C@@H](Oc1cc(C[C@@H]2CS(=O)C[C@H](NCc3cccc(C(C)(C)C)c3)[C@H]2O)cc(F)c1N)C(F)(F)F. The third-order valence-electron chi connectivity index (χ3n) is 6.62. The number of hydrogen-bond donors (Lipinski definition) is 3. The number of hydrogen-bond acceptors (Lipinski definition) is 6. The van der Waals surface area contributed by atoms with Gasteiger partial charge in [-0.1, -0.05) is 45.0 Å². The summed E-state index contributed by atoms with van der Waals surface area (Å²) in [7, 11) is -0.151. The van der Waals surface area contributed by atoms with Gasteiger partial charge in [0.1, 0.15) is 17.3 Å². The molecule has 0 aliphatic carbocycles. The van der Waals surface area contributed by atoms with E-state index < -0.39 is 65.0 Å². The molecule has 1 heterocycles. The molecule has 1 aliphatic heterocycles. The first-order valence-electron chi connectivity index (χ1n) is 12.3. The summed E-state index contributed by atoms with van der Waals surface area (Å²) >= 11 is 0. The summed E-state index contributed by atoms with van der Waals surface area (Å²) in [6, 6.07) is 9.96. The molecule has 1 aliphatic rings. The topological polar surface area (TPSA) is 93.8 Å². The van der Waals surface area contributed by atoms with Gasteiger partial charge in [0.15, 0.2) is 0 Å². The van der Waals surface area contributed by atoms with Crippen molar-refractivity contribution in [3.8, 4) is 5.75 Å². The standard InChI is InChI=1S/C27H36F4N2O4S/c1-26(2,3)19-7-5-6-16(9-19)12-33-21-15-38(35)14-18(25(21)34)8-17-10-20(28)24(32)22(11-17)37-23(13-36-4)27(29,30)31/h5-7,9-11,18,21,23,25,33-34H,8,12-15,32H2,1-4H3/t18-,21+,23-,25+,38?/m1/s1. The van der Waals surface area contributed by atoms with Crippen molar-refractivity contribution in [2.24, 2.45) is 5.92 Å². The molecule has 0 radical (unpaired) electrons. The quantitative estimate of drug-likeness (QED) is 0.316. The second kappa shape index (κ2) is 12.3. The molecule has 0 saturated carbocycles. The van der Waals surface area contributed by atoms with Crippen molar-refractivity contribution in [3.05, 3.63) is 58.9 Å². The highest BCUT2D eigenvalue weighted by atomic mass is 32.2. The summed E-state index contributed by atoms with van der Waals surface area (Å²) in [6.07, 6.45) is -7.90. The van der Waals surface area contributed by atoms with Gasteiger partial charge in [-0.3, -0.25) is 4.21 Å². The van der Waals surface area contributed by atoms with Gasteiger partial charge in [0.05, 0.1) is 12.7 Å². The predicted octanol–water partition coefficient (Wildman–Crippen LogP) is 4.10. The van der Waals surface area contributed by atoms with Crippen LogP contribution in [-0.2, 0) is 33.9 Å². The maximum atomic E-state index is 14.5. The Morgan fingerprint density at radius 1 is 1.16 bits per heavy atom. The lowest BCUT2D eigenvalue weighted by Gasteiger charge is -2.35. The lowest BCUT2D eigenvalue weighted by atomic mass is 9.86. The number of anilines is 1. The average Bonchev–Trinajstić information content (AvgIpc) is 2.82. The maximum Gasteiger partial charge on any atom is 0.427 e. The molecule has 2 aromatic rings. The number of methoxy groups -OCH3 is 1. The van der Waals surface area contributed by atoms with Crippen LogP contribution in [0.4, 0.5) is 23.2 Å². The van der Waals surface area contributed by atoms with Crippen molar-refractivity contribution >= 4 is 16.5 Å². The summed E-state index contributed by atoms with van der Waals surface area (Å²) in [6.45, 7) is 6.03. The van der Waals surface area contributed by atoms with E-state index in [2.05, 4.69) is 43.0 Å². The van der Waals surface area contributed by atoms with Gasteiger partial charge in [0, 0.05) is 47.9 Å². The molecule has 0 amide bonds. The Balaban J connectivity index is 1.74. The zero-order chi connectivity index (χ0) is 28.3. The van der Waals surface area contributed by atoms with E-state index in [1.165, 1.54) is 11.6 Å². The fourth-order valence-corrected chi connectivity index (χ4v) is 6.10. The molecule has 0 aromatic heterocycles. The van der Waals surface area contributed by atoms with Crippen LogP contribution in [0.1, 0.15) is 37.5 Å². The first kappa shape index (κ1) is 30.3. The Morgan fingerprint density at radius 3 is 2.50 bits per heavy atom. The van der Waals surface area contributed by atoms with Gasteiger partial charge in [-0.25, -0.2) is 4.39 Å². The molecule has 38 heavy (non-hydrogen) atoms. The maximum absolute atomic E-state index is 14.5. The van der Waals surface area contributed by atoms with Crippen LogP contribution in [0.3, 0.4) is 0 Å². The second-order valence-corrected chi connectivity index (χ2v) is 12.3. The van der Waals surface area contributed by atoms with Crippen LogP contribution in [0, 0.1) is 11.7 Å². The zero-order valence-electron chi connectivity index (χ0n) is 22.0. The largest absolute Gasteiger partial charge is 0.476 e. The van der Waals surface area contributed by atoms with Crippen molar-refractivity contribution in [1.29, 1.82) is 0 Å². The average molecular weight is 561 g/mol. The fraction of sp³-hybridized carbons (Fsp3) is 0.556. The molecule has 3 rings (SSSR count). The molecule has 1 saturated heterocycles. The van der Waals surface area contributed by atoms with E-state index >= 15 is 0 Å². The Bertz CT molecular complexity index is 1120. The molecule has 1 fully saturated rings. The van der Waals surface area contributed by atoms with Crippen molar-refractivity contribution in [1.82, 2.24) is 5.32 Å². The molecular formula is C27H36F4N2O4S. The van der Waals surface area contributed by atoms with Crippen LogP contribution < -0.4 is 15.8 Å². The number of rotatable bonds is 9. The van der Waals surface area contributed by atoms with E-state index in [-0.39, 0.29) is 28.9 Å². The summed E-state index contributed by atoms with van der Waals surface area (Å²) < 4.78 is 76.7. The monoisotopic (exact) mass is 560 g/mol. The number of benzene rings is 2. The molecule has 1 unspecified atom stereocenters. The molecule has 0 spiro atoms. The van der Waals surface area contributed by atoms with E-state index in [1.807, 2.05) is 12.1 Å². The highest BCUT2D eigenvalue weighted by molar-refractivity contribution is 7.85. The highest BCUT2D eigenvalue weighted by Gasteiger charge is 2.42. The number of aliphatic hydroxyl groups is 1. The minimum atomic E-state index is -4.75. The van der Waals surface area contributed by atoms with E-state index in [1.54, 1.807) is 0 Å². The number of halogens is 4. The van der Waals surface area contributed by atoms with Crippen LogP contribution in [0.15, 0.2) is 36.4 Å². The van der Waals surface area contributed by atoms with Crippen LogP contribution in [-0.4, -0.2) is 59.0 Å². The molecule has 2 aromatic carbocycles. The molecule has 4 N–H and O–H groups in total. The number of aliphatic hydroxyl groups excluding tert-OH is 1. The Morgan fingerprint density at radius 2 is 1.87 bits per heavy atom. The molecule has 212 valence electrons. The van der Waals surface area contributed by atoms with Crippen LogP contribution in [0.5, 0.6) is 5.75 Å². The Kier molecular flexibility index (Phi) is 9.83. The summed E-state index contributed by atoms with van der Waals surface area (Å²) in [5.41, 5.74) is 7.56. The molecule has 0 bridgehead atoms. The van der Waals surface area contributed by atoms with E-state index in [0.29, 0.717) is 6.54 Å². The predicted molar refractivity (Wildman–Crippen MR) is 140 cm³/mol. The van der Waals surface area contributed by atoms with Crippen LogP contribution >= 0.6 is 0 Å². The third kappa shape index (κ3) is 7.91. The van der Waals surface area contributed by atoms with E-state index in [4.69, 9.17) is 10.5 Å². The number of ether oxygens (including phenoxy) is 2. The van der Waals surface area contributed by atoms with Crippen LogP contribution in [0.25, 0.3) is 0 Å². The summed E-state index contributed by atoms with van der Waals surface area (Å²) in [4.78, 5) is 0. The molecule has 6 nitrogen and oxygen atoms in total. The van der Waals surface area contributed by atoms with Crippen molar-refractivity contribution in [2.45, 2.75) is 63.6 Å². The Labute approximate surface area is 223 Å². The minimum absolute atomic E-state index is 0.0203.